The van der Waals surface area contributed by atoms with Gasteiger partial charge in [-0.3, -0.25) is 0 Å². The van der Waals surface area contributed by atoms with Crippen LogP contribution in [0.25, 0.3) is 0 Å². The minimum absolute atomic E-state index is 0.00271. The van der Waals surface area contributed by atoms with E-state index >= 15 is 0 Å². The highest BCUT2D eigenvalue weighted by Crippen LogP contribution is 2.31. The standard InChI is InChI=1S/C12H12Cl2N4O2S/c1-7-16-3-2-9(18-7)6-17-21(19,20)12-10(13)4-8(15)5-11(12)14/h2-5,17H,6,15H2,1H3. The maximum Gasteiger partial charge on any atom is 0.243 e. The molecule has 3 N–H and O–H groups in total. The van der Waals surface area contributed by atoms with Gasteiger partial charge in [-0.15, -0.1) is 0 Å². The number of benzene rings is 1. The number of anilines is 1. The third-order valence-electron chi connectivity index (χ3n) is 2.57. The molecule has 1 aromatic carbocycles. The van der Waals surface area contributed by atoms with E-state index in [0.29, 0.717) is 11.5 Å². The van der Waals surface area contributed by atoms with Crippen LogP contribution >= 0.6 is 23.2 Å². The van der Waals surface area contributed by atoms with Gasteiger partial charge in [0.05, 0.1) is 22.3 Å². The lowest BCUT2D eigenvalue weighted by Crippen LogP contribution is -2.24. The number of rotatable bonds is 4. The second-order valence-electron chi connectivity index (χ2n) is 4.23. The van der Waals surface area contributed by atoms with E-state index in [4.69, 9.17) is 28.9 Å². The van der Waals surface area contributed by atoms with Gasteiger partial charge < -0.3 is 5.73 Å². The van der Waals surface area contributed by atoms with Crippen molar-refractivity contribution < 1.29 is 8.42 Å². The number of nitrogens with two attached hydrogens (primary N) is 1. The third kappa shape index (κ3) is 3.82. The number of nitrogen functional groups attached to an aromatic ring is 1. The number of sulfonamides is 1. The van der Waals surface area contributed by atoms with Crippen molar-refractivity contribution >= 4 is 38.9 Å². The first-order chi connectivity index (χ1) is 9.79. The maximum atomic E-state index is 12.3. The molecule has 0 fully saturated rings. The van der Waals surface area contributed by atoms with Gasteiger partial charge in [0.1, 0.15) is 10.7 Å². The summed E-state index contributed by atoms with van der Waals surface area (Å²) < 4.78 is 27.0. The van der Waals surface area contributed by atoms with Crippen LogP contribution in [-0.4, -0.2) is 18.4 Å². The number of nitrogens with zero attached hydrogens (tertiary/aromatic N) is 2. The van der Waals surface area contributed by atoms with Crippen molar-refractivity contribution in [1.82, 2.24) is 14.7 Å². The lowest BCUT2D eigenvalue weighted by molar-refractivity contribution is 0.580. The summed E-state index contributed by atoms with van der Waals surface area (Å²) in [6.07, 6.45) is 1.55. The zero-order valence-electron chi connectivity index (χ0n) is 11.0. The van der Waals surface area contributed by atoms with Crippen molar-refractivity contribution in [2.45, 2.75) is 18.4 Å². The van der Waals surface area contributed by atoms with Gasteiger partial charge in [0, 0.05) is 11.9 Å². The molecule has 1 aromatic heterocycles. The normalized spacial score (nSPS) is 11.6. The van der Waals surface area contributed by atoms with Gasteiger partial charge in [-0.2, -0.15) is 0 Å². The fourth-order valence-electron chi connectivity index (χ4n) is 1.68. The molecule has 0 saturated heterocycles. The summed E-state index contributed by atoms with van der Waals surface area (Å²) in [5, 5.41) is -0.0715. The van der Waals surface area contributed by atoms with E-state index in [0.717, 1.165) is 0 Å². The Kier molecular flexibility index (Phi) is 4.67. The Hall–Kier alpha value is -1.41. The molecule has 0 unspecified atom stereocenters. The summed E-state index contributed by atoms with van der Waals surface area (Å²) in [4.78, 5) is 7.84. The van der Waals surface area contributed by atoms with E-state index in [1.165, 1.54) is 12.1 Å². The highest BCUT2D eigenvalue weighted by molar-refractivity contribution is 7.89. The van der Waals surface area contributed by atoms with Crippen molar-refractivity contribution in [2.75, 3.05) is 5.73 Å². The molecule has 2 rings (SSSR count). The number of hydrogen-bond acceptors (Lipinski definition) is 5. The molecule has 6 nitrogen and oxygen atoms in total. The zero-order valence-corrected chi connectivity index (χ0v) is 13.3. The molecule has 0 spiro atoms. The zero-order chi connectivity index (χ0) is 15.6. The van der Waals surface area contributed by atoms with Gasteiger partial charge in [0.15, 0.2) is 0 Å². The van der Waals surface area contributed by atoms with Crippen LogP contribution in [-0.2, 0) is 16.6 Å². The molecule has 0 saturated carbocycles. The van der Waals surface area contributed by atoms with Crippen molar-refractivity contribution in [3.05, 3.63) is 46.0 Å². The highest BCUT2D eigenvalue weighted by atomic mass is 35.5. The summed E-state index contributed by atoms with van der Waals surface area (Å²) in [6, 6.07) is 4.27. The van der Waals surface area contributed by atoms with Gasteiger partial charge >= 0.3 is 0 Å². The molecular formula is C12H12Cl2N4O2S. The highest BCUT2D eigenvalue weighted by Gasteiger charge is 2.22. The smallest absolute Gasteiger partial charge is 0.243 e. The van der Waals surface area contributed by atoms with Gasteiger partial charge in [-0.05, 0) is 25.1 Å². The monoisotopic (exact) mass is 346 g/mol. The van der Waals surface area contributed by atoms with Crippen molar-refractivity contribution in [1.29, 1.82) is 0 Å². The summed E-state index contributed by atoms with van der Waals surface area (Å²) in [7, 11) is -3.88. The Morgan fingerprint density at radius 3 is 2.48 bits per heavy atom. The summed E-state index contributed by atoms with van der Waals surface area (Å²) in [6.45, 7) is 1.72. The molecule has 0 amide bonds. The number of hydrogen-bond donors (Lipinski definition) is 2. The maximum absolute atomic E-state index is 12.3. The summed E-state index contributed by atoms with van der Waals surface area (Å²) >= 11 is 11.8. The average Bonchev–Trinajstić information content (AvgIpc) is 2.35. The quantitative estimate of drug-likeness (QED) is 0.826. The SMILES string of the molecule is Cc1nccc(CNS(=O)(=O)c2c(Cl)cc(N)cc2Cl)n1. The number of halogens is 2. The second-order valence-corrected chi connectivity index (χ2v) is 6.75. The number of aromatic nitrogens is 2. The Morgan fingerprint density at radius 2 is 1.90 bits per heavy atom. The van der Waals surface area contributed by atoms with Crippen LogP contribution in [0.2, 0.25) is 10.0 Å². The Labute approximate surface area is 132 Å². The molecule has 1 heterocycles. The van der Waals surface area contributed by atoms with Gasteiger partial charge in [0.25, 0.3) is 0 Å². The van der Waals surface area contributed by atoms with Crippen LogP contribution in [0.3, 0.4) is 0 Å². The first-order valence-electron chi connectivity index (χ1n) is 5.82. The first kappa shape index (κ1) is 16.0. The number of nitrogens with one attached hydrogen (secondary N) is 1. The molecule has 0 aliphatic carbocycles. The molecule has 21 heavy (non-hydrogen) atoms. The third-order valence-corrected chi connectivity index (χ3v) is 4.89. The summed E-state index contributed by atoms with van der Waals surface area (Å²) in [5.74, 6) is 0.551. The predicted molar refractivity (Wildman–Crippen MR) is 81.7 cm³/mol. The fourth-order valence-corrected chi connectivity index (χ4v) is 3.91. The molecule has 0 bridgehead atoms. The largest absolute Gasteiger partial charge is 0.399 e. The van der Waals surface area contributed by atoms with Crippen molar-refractivity contribution in [3.63, 3.8) is 0 Å². The molecule has 9 heteroatoms. The van der Waals surface area contributed by atoms with E-state index in [-0.39, 0.29) is 27.2 Å². The van der Waals surface area contributed by atoms with E-state index in [1.807, 2.05) is 0 Å². The molecule has 2 aromatic rings. The van der Waals surface area contributed by atoms with Crippen LogP contribution in [0.4, 0.5) is 5.69 Å². The predicted octanol–water partition coefficient (Wildman–Crippen LogP) is 2.15. The van der Waals surface area contributed by atoms with E-state index in [9.17, 15) is 8.42 Å². The van der Waals surface area contributed by atoms with Crippen LogP contribution in [0, 0.1) is 6.92 Å². The van der Waals surface area contributed by atoms with Gasteiger partial charge in [-0.1, -0.05) is 23.2 Å². The van der Waals surface area contributed by atoms with E-state index in [2.05, 4.69) is 14.7 Å². The topological polar surface area (TPSA) is 98.0 Å². The first-order valence-corrected chi connectivity index (χ1v) is 8.06. The molecule has 0 atom stereocenters. The van der Waals surface area contributed by atoms with Crippen molar-refractivity contribution in [2.24, 2.45) is 0 Å². The molecular weight excluding hydrogens is 335 g/mol. The van der Waals surface area contributed by atoms with Crippen LogP contribution in [0.15, 0.2) is 29.3 Å². The summed E-state index contributed by atoms with van der Waals surface area (Å²) in [5.41, 5.74) is 6.38. The Morgan fingerprint density at radius 1 is 1.29 bits per heavy atom. The van der Waals surface area contributed by atoms with Gasteiger partial charge in [0.2, 0.25) is 10.0 Å². The Balaban J connectivity index is 2.27. The molecule has 112 valence electrons. The lowest BCUT2D eigenvalue weighted by atomic mass is 10.3. The molecule has 0 aliphatic rings. The fraction of sp³-hybridized carbons (Fsp3) is 0.167. The van der Waals surface area contributed by atoms with E-state index < -0.39 is 10.0 Å². The van der Waals surface area contributed by atoms with Crippen LogP contribution in [0.5, 0.6) is 0 Å². The van der Waals surface area contributed by atoms with Crippen LogP contribution in [0.1, 0.15) is 11.5 Å². The van der Waals surface area contributed by atoms with E-state index in [1.54, 1.807) is 19.2 Å². The van der Waals surface area contributed by atoms with Gasteiger partial charge in [-0.25, -0.2) is 23.1 Å². The Bertz CT molecular complexity index is 758. The average molecular weight is 347 g/mol. The molecule has 0 radical (unpaired) electrons. The van der Waals surface area contributed by atoms with Crippen molar-refractivity contribution in [3.8, 4) is 0 Å². The number of aryl methyl sites for hydroxylation is 1. The minimum Gasteiger partial charge on any atom is -0.399 e. The second kappa shape index (κ2) is 6.15. The minimum atomic E-state index is -3.88. The molecule has 0 aliphatic heterocycles. The van der Waals surface area contributed by atoms with Crippen LogP contribution < -0.4 is 10.5 Å². The lowest BCUT2D eigenvalue weighted by Gasteiger charge is -2.10.